The summed E-state index contributed by atoms with van der Waals surface area (Å²) >= 11 is 1.34. The Kier molecular flexibility index (Phi) is 7.67. The summed E-state index contributed by atoms with van der Waals surface area (Å²) in [5.74, 6) is 0.376. The maximum atomic E-state index is 12.7. The first-order chi connectivity index (χ1) is 12.4. The van der Waals surface area contributed by atoms with Gasteiger partial charge in [0.05, 0.1) is 10.8 Å². The van der Waals surface area contributed by atoms with Crippen molar-refractivity contribution in [3.05, 3.63) is 30.1 Å². The predicted molar refractivity (Wildman–Crippen MR) is 104 cm³/mol. The highest BCUT2D eigenvalue weighted by Gasteiger charge is 2.20. The fourth-order valence-electron chi connectivity index (χ4n) is 2.75. The van der Waals surface area contributed by atoms with E-state index in [4.69, 9.17) is 0 Å². The molecule has 0 N–H and O–H groups in total. The van der Waals surface area contributed by atoms with Crippen LogP contribution >= 0.6 is 11.8 Å². The van der Waals surface area contributed by atoms with Crippen molar-refractivity contribution in [3.8, 4) is 0 Å². The van der Waals surface area contributed by atoms with Crippen molar-refractivity contribution in [3.63, 3.8) is 0 Å². The molecule has 1 aromatic heterocycles. The van der Waals surface area contributed by atoms with Gasteiger partial charge in [0.25, 0.3) is 0 Å². The third-order valence-electron chi connectivity index (χ3n) is 4.19. The van der Waals surface area contributed by atoms with Gasteiger partial charge in [-0.15, -0.1) is 0 Å². The van der Waals surface area contributed by atoms with Crippen LogP contribution in [0.4, 0.5) is 0 Å². The van der Waals surface area contributed by atoms with Crippen molar-refractivity contribution in [1.29, 1.82) is 0 Å². The third-order valence-corrected chi connectivity index (χ3v) is 6.92. The molecule has 1 aliphatic carbocycles. The summed E-state index contributed by atoms with van der Waals surface area (Å²) in [4.78, 5) is 18.9. The molecule has 0 fully saturated rings. The number of pyridine rings is 1. The lowest BCUT2D eigenvalue weighted by Crippen LogP contribution is -2.33. The molecule has 0 radical (unpaired) electrons. The van der Waals surface area contributed by atoms with Gasteiger partial charge in [-0.3, -0.25) is 4.79 Å². The maximum Gasteiger partial charge on any atom is 0.244 e. The van der Waals surface area contributed by atoms with Gasteiger partial charge in [-0.25, -0.2) is 17.7 Å². The van der Waals surface area contributed by atoms with Crippen molar-refractivity contribution in [1.82, 2.24) is 14.2 Å². The van der Waals surface area contributed by atoms with Crippen molar-refractivity contribution < 1.29 is 13.2 Å². The average molecular weight is 398 g/mol. The second-order valence-corrected chi connectivity index (χ2v) is 9.54. The molecule has 8 heteroatoms. The quantitative estimate of drug-likeness (QED) is 0.630. The lowest BCUT2D eigenvalue weighted by Gasteiger charge is -2.27. The first kappa shape index (κ1) is 20.9. The van der Waals surface area contributed by atoms with Crippen LogP contribution in [0.1, 0.15) is 39.0 Å². The maximum absolute atomic E-state index is 12.7. The number of hydrogen-bond acceptors (Lipinski definition) is 5. The van der Waals surface area contributed by atoms with Crippen molar-refractivity contribution >= 4 is 27.7 Å². The van der Waals surface area contributed by atoms with Crippen LogP contribution in [0.2, 0.25) is 0 Å². The number of rotatable bonds is 8. The molecule has 26 heavy (non-hydrogen) atoms. The Hall–Kier alpha value is -1.38. The summed E-state index contributed by atoms with van der Waals surface area (Å²) in [6, 6.07) is 3.18. The average Bonchev–Trinajstić information content (AvgIpc) is 2.65. The van der Waals surface area contributed by atoms with Crippen molar-refractivity contribution in [2.45, 2.75) is 48.9 Å². The van der Waals surface area contributed by atoms with Gasteiger partial charge in [0.2, 0.25) is 15.9 Å². The number of amides is 1. The molecule has 0 aliphatic heterocycles. The Bertz CT molecular complexity index is 743. The fraction of sp³-hybridized carbons (Fsp3) is 0.556. The molecule has 0 aromatic carbocycles. The third kappa shape index (κ3) is 5.31. The van der Waals surface area contributed by atoms with Gasteiger partial charge in [-0.1, -0.05) is 24.8 Å². The number of carbonyl (C=O) groups is 1. The normalized spacial score (nSPS) is 15.0. The monoisotopic (exact) mass is 397 g/mol. The van der Waals surface area contributed by atoms with Gasteiger partial charge in [-0.05, 0) is 44.2 Å². The second kappa shape index (κ2) is 9.53. The second-order valence-electron chi connectivity index (χ2n) is 6.39. The highest BCUT2D eigenvalue weighted by molar-refractivity contribution is 7.99. The fourth-order valence-corrected chi connectivity index (χ4v) is 4.31. The zero-order chi connectivity index (χ0) is 19.2. The molecular weight excluding hydrogens is 370 g/mol. The van der Waals surface area contributed by atoms with Crippen LogP contribution < -0.4 is 0 Å². The van der Waals surface area contributed by atoms with Crippen molar-refractivity contribution in [2.75, 3.05) is 26.4 Å². The summed E-state index contributed by atoms with van der Waals surface area (Å²) < 4.78 is 25.3. The van der Waals surface area contributed by atoms with Gasteiger partial charge < -0.3 is 4.90 Å². The Morgan fingerprint density at radius 1 is 1.27 bits per heavy atom. The minimum atomic E-state index is -3.48. The summed E-state index contributed by atoms with van der Waals surface area (Å²) in [5.41, 5.74) is 1.14. The molecule has 0 saturated carbocycles. The summed E-state index contributed by atoms with van der Waals surface area (Å²) in [6.45, 7) is 2.81. The number of carbonyl (C=O) groups excluding carboxylic acids is 1. The number of sulfonamides is 1. The zero-order valence-corrected chi connectivity index (χ0v) is 17.3. The van der Waals surface area contributed by atoms with E-state index in [1.54, 1.807) is 6.07 Å². The molecular formula is C18H27N3O3S2. The van der Waals surface area contributed by atoms with E-state index in [1.807, 2.05) is 4.90 Å². The minimum absolute atomic E-state index is 0.0804. The summed E-state index contributed by atoms with van der Waals surface area (Å²) in [5, 5.41) is 0.644. The van der Waals surface area contributed by atoms with Gasteiger partial charge in [0.1, 0.15) is 4.90 Å². The topological polar surface area (TPSA) is 70.6 Å². The Morgan fingerprint density at radius 3 is 2.58 bits per heavy atom. The largest absolute Gasteiger partial charge is 0.316 e. The van der Waals surface area contributed by atoms with Crippen LogP contribution in [0.3, 0.4) is 0 Å². The summed E-state index contributed by atoms with van der Waals surface area (Å²) in [7, 11) is -0.511. The number of thioether (sulfide) groups is 1. The molecule has 0 atom stereocenters. The Labute approximate surface area is 160 Å². The molecule has 2 rings (SSSR count). The number of hydrogen-bond donors (Lipinski definition) is 0. The molecule has 0 spiro atoms. The van der Waals surface area contributed by atoms with E-state index in [1.165, 1.54) is 44.5 Å². The molecule has 0 bridgehead atoms. The van der Waals surface area contributed by atoms with Crippen LogP contribution in [0.15, 0.2) is 40.0 Å². The van der Waals surface area contributed by atoms with E-state index in [9.17, 15) is 13.2 Å². The molecule has 1 aromatic rings. The van der Waals surface area contributed by atoms with Crippen LogP contribution in [-0.4, -0.2) is 54.9 Å². The van der Waals surface area contributed by atoms with Crippen LogP contribution in [0.25, 0.3) is 0 Å². The van der Waals surface area contributed by atoms with Gasteiger partial charge in [0, 0.05) is 32.5 Å². The molecule has 0 unspecified atom stereocenters. The van der Waals surface area contributed by atoms with Gasteiger partial charge in [0.15, 0.2) is 0 Å². The predicted octanol–water partition coefficient (Wildman–Crippen LogP) is 3.12. The number of nitrogens with zero attached hydrogens (tertiary/aromatic N) is 3. The first-order valence-corrected chi connectivity index (χ1v) is 11.3. The number of allylic oxidation sites excluding steroid dienone is 2. The lowest BCUT2D eigenvalue weighted by atomic mass is 10.0. The van der Waals surface area contributed by atoms with Crippen molar-refractivity contribution in [2.24, 2.45) is 0 Å². The van der Waals surface area contributed by atoms with Gasteiger partial charge in [-0.2, -0.15) is 0 Å². The molecule has 1 heterocycles. The molecule has 6 nitrogen and oxygen atoms in total. The highest BCUT2D eigenvalue weighted by Crippen LogP contribution is 2.24. The Balaban J connectivity index is 2.00. The lowest BCUT2D eigenvalue weighted by molar-refractivity contribution is -0.126. The van der Waals surface area contributed by atoms with E-state index >= 15 is 0 Å². The first-order valence-electron chi connectivity index (χ1n) is 8.87. The summed E-state index contributed by atoms with van der Waals surface area (Å²) in [6.07, 6.45) is 8.78. The van der Waals surface area contributed by atoms with E-state index < -0.39 is 10.0 Å². The van der Waals surface area contributed by atoms with E-state index in [0.717, 1.165) is 42.2 Å². The smallest absolute Gasteiger partial charge is 0.244 e. The van der Waals surface area contributed by atoms with E-state index in [0.29, 0.717) is 10.8 Å². The standard InChI is InChI=1S/C18H27N3O3S2/c1-4-12-21(15-8-6-5-7-9-15)18(22)14-25-17-11-10-16(13-19-17)26(23,24)20(2)3/h8,10-11,13H,4-7,9,12,14H2,1-3H3. The molecule has 144 valence electrons. The number of aromatic nitrogens is 1. The van der Waals surface area contributed by atoms with E-state index in [-0.39, 0.29) is 10.8 Å². The Morgan fingerprint density at radius 2 is 2.04 bits per heavy atom. The highest BCUT2D eigenvalue weighted by atomic mass is 32.2. The molecule has 0 saturated heterocycles. The van der Waals surface area contributed by atoms with Crippen LogP contribution in [-0.2, 0) is 14.8 Å². The van der Waals surface area contributed by atoms with Gasteiger partial charge >= 0.3 is 0 Å². The minimum Gasteiger partial charge on any atom is -0.316 e. The van der Waals surface area contributed by atoms with Crippen LogP contribution in [0.5, 0.6) is 0 Å². The molecule has 1 amide bonds. The zero-order valence-electron chi connectivity index (χ0n) is 15.6. The SMILES string of the molecule is CCCN(C(=O)CSc1ccc(S(=O)(=O)N(C)C)cn1)C1=CCCCC1. The molecule has 1 aliphatic rings. The van der Waals surface area contributed by atoms with Crippen LogP contribution in [0, 0.1) is 0 Å². The van der Waals surface area contributed by atoms with E-state index in [2.05, 4.69) is 18.0 Å².